The molecule has 206 valence electrons. The Labute approximate surface area is 255 Å². The zero-order valence-electron chi connectivity index (χ0n) is 23.9. The van der Waals surface area contributed by atoms with Crippen LogP contribution in [0.5, 0.6) is 0 Å². The van der Waals surface area contributed by atoms with Crippen molar-refractivity contribution in [3.05, 3.63) is 164 Å². The van der Waals surface area contributed by atoms with E-state index in [-0.39, 0.29) is 0 Å². The van der Waals surface area contributed by atoms with Gasteiger partial charge in [0.1, 0.15) is 11.2 Å². The highest BCUT2D eigenvalue weighted by Gasteiger charge is 2.22. The average molecular weight is 562 g/mol. The van der Waals surface area contributed by atoms with Gasteiger partial charge >= 0.3 is 0 Å². The van der Waals surface area contributed by atoms with Crippen molar-refractivity contribution in [2.24, 2.45) is 0 Å². The van der Waals surface area contributed by atoms with Gasteiger partial charge in [0, 0.05) is 16.5 Å². The Hall–Kier alpha value is -5.86. The van der Waals surface area contributed by atoms with Crippen molar-refractivity contribution >= 4 is 71.3 Å². The van der Waals surface area contributed by atoms with Gasteiger partial charge in [0.15, 0.2) is 0 Å². The monoisotopic (exact) mass is 561 g/mol. The molecular weight excluding hydrogens is 534 g/mol. The highest BCUT2D eigenvalue weighted by molar-refractivity contribution is 6.22. The molecule has 0 N–H and O–H groups in total. The van der Waals surface area contributed by atoms with Crippen LogP contribution in [0.1, 0.15) is 0 Å². The summed E-state index contributed by atoms with van der Waals surface area (Å²) in [6.45, 7) is 0. The fourth-order valence-corrected chi connectivity index (χ4v) is 6.81. The van der Waals surface area contributed by atoms with Crippen molar-refractivity contribution in [2.75, 3.05) is 4.90 Å². The van der Waals surface area contributed by atoms with Gasteiger partial charge < -0.3 is 9.32 Å². The average Bonchev–Trinajstić information content (AvgIpc) is 3.48. The lowest BCUT2D eigenvalue weighted by atomic mass is 9.95. The van der Waals surface area contributed by atoms with Gasteiger partial charge in [-0.3, -0.25) is 0 Å². The molecule has 0 unspecified atom stereocenters. The van der Waals surface area contributed by atoms with Crippen molar-refractivity contribution in [3.63, 3.8) is 0 Å². The Morgan fingerprint density at radius 2 is 1.00 bits per heavy atom. The Morgan fingerprint density at radius 3 is 1.84 bits per heavy atom. The summed E-state index contributed by atoms with van der Waals surface area (Å²) in [6.07, 6.45) is 0. The zero-order chi connectivity index (χ0) is 29.0. The van der Waals surface area contributed by atoms with E-state index >= 15 is 0 Å². The van der Waals surface area contributed by atoms with Crippen LogP contribution in [0.3, 0.4) is 0 Å². The van der Waals surface area contributed by atoms with E-state index in [1.807, 2.05) is 6.07 Å². The van der Waals surface area contributed by atoms with Gasteiger partial charge in [-0.25, -0.2) is 0 Å². The minimum Gasteiger partial charge on any atom is -0.456 e. The summed E-state index contributed by atoms with van der Waals surface area (Å²) in [5.74, 6) is 0. The highest BCUT2D eigenvalue weighted by Crippen LogP contribution is 2.47. The first-order valence-corrected chi connectivity index (χ1v) is 15.0. The number of nitrogens with zero attached hydrogens (tertiary/aromatic N) is 1. The maximum absolute atomic E-state index is 6.38. The summed E-state index contributed by atoms with van der Waals surface area (Å²) in [7, 11) is 0. The largest absolute Gasteiger partial charge is 0.456 e. The van der Waals surface area contributed by atoms with Crippen molar-refractivity contribution in [1.29, 1.82) is 0 Å². The third-order valence-corrected chi connectivity index (χ3v) is 8.84. The molecule has 0 fully saturated rings. The number of benzene rings is 8. The third-order valence-electron chi connectivity index (χ3n) is 8.84. The van der Waals surface area contributed by atoms with Crippen LogP contribution >= 0.6 is 0 Å². The molecule has 9 rings (SSSR count). The van der Waals surface area contributed by atoms with Crippen LogP contribution in [0.15, 0.2) is 168 Å². The van der Waals surface area contributed by atoms with Crippen LogP contribution in [0.4, 0.5) is 17.1 Å². The molecule has 0 saturated carbocycles. The smallest absolute Gasteiger partial charge is 0.137 e. The molecule has 2 nitrogen and oxygen atoms in total. The molecule has 44 heavy (non-hydrogen) atoms. The fourth-order valence-electron chi connectivity index (χ4n) is 6.81. The summed E-state index contributed by atoms with van der Waals surface area (Å²) in [5, 5.41) is 9.65. The number of para-hydroxylation sites is 1. The molecule has 0 saturated heterocycles. The summed E-state index contributed by atoms with van der Waals surface area (Å²) in [4.78, 5) is 2.42. The second kappa shape index (κ2) is 9.86. The van der Waals surface area contributed by atoms with Gasteiger partial charge in [0.2, 0.25) is 0 Å². The molecule has 9 aromatic rings. The third kappa shape index (κ3) is 3.82. The summed E-state index contributed by atoms with van der Waals surface area (Å²) >= 11 is 0. The van der Waals surface area contributed by atoms with Crippen LogP contribution < -0.4 is 4.90 Å². The van der Waals surface area contributed by atoms with E-state index < -0.39 is 0 Å². The highest BCUT2D eigenvalue weighted by atomic mass is 16.3. The first-order valence-electron chi connectivity index (χ1n) is 15.0. The van der Waals surface area contributed by atoms with Crippen molar-refractivity contribution in [3.8, 4) is 11.1 Å². The van der Waals surface area contributed by atoms with E-state index in [2.05, 4.69) is 163 Å². The van der Waals surface area contributed by atoms with Crippen molar-refractivity contribution < 1.29 is 4.42 Å². The maximum atomic E-state index is 6.38. The summed E-state index contributed by atoms with van der Waals surface area (Å²) < 4.78 is 6.38. The molecule has 1 aromatic heterocycles. The number of hydrogen-bond acceptors (Lipinski definition) is 2. The lowest BCUT2D eigenvalue weighted by Gasteiger charge is -2.28. The van der Waals surface area contributed by atoms with Crippen LogP contribution in [-0.2, 0) is 0 Å². The molecule has 0 amide bonds. The van der Waals surface area contributed by atoms with Crippen molar-refractivity contribution in [1.82, 2.24) is 0 Å². The summed E-state index contributed by atoms with van der Waals surface area (Å²) in [6, 6.07) is 58.6. The molecule has 0 atom stereocenters. The molecule has 0 aliphatic heterocycles. The molecular formula is C42H27NO. The Kier molecular flexibility index (Phi) is 5.54. The number of hydrogen-bond donors (Lipinski definition) is 0. The minimum atomic E-state index is 0.880. The number of fused-ring (bicyclic) bond motifs is 8. The number of furan rings is 1. The van der Waals surface area contributed by atoms with Crippen molar-refractivity contribution in [2.45, 2.75) is 0 Å². The van der Waals surface area contributed by atoms with E-state index in [9.17, 15) is 0 Å². The molecule has 2 heteroatoms. The van der Waals surface area contributed by atoms with Gasteiger partial charge in [0.25, 0.3) is 0 Å². The molecule has 0 bridgehead atoms. The SMILES string of the molecule is c1ccc(-c2ccc(N(c3cc4c5ccccc5ccc4c4ccccc34)c3cccc4oc5ccccc5c34)cc2)cc1. The van der Waals surface area contributed by atoms with Crippen LogP contribution in [0.25, 0.3) is 65.4 Å². The second-order valence-electron chi connectivity index (χ2n) is 11.3. The standard InChI is InChI=1S/C42H27NO/c1-2-11-28(12-3-1)29-21-24-31(25-22-29)43(38-18-10-20-41-42(38)36-17-8-9-19-40(36)44-41)39-27-37-32-14-5-4-13-30(32)23-26-34(37)33-15-6-7-16-35(33)39/h1-27H. The van der Waals surface area contributed by atoms with Gasteiger partial charge in [-0.1, -0.05) is 127 Å². The van der Waals surface area contributed by atoms with Crippen LogP contribution in [0.2, 0.25) is 0 Å². The lowest BCUT2D eigenvalue weighted by Crippen LogP contribution is -2.11. The van der Waals surface area contributed by atoms with Gasteiger partial charge in [-0.2, -0.15) is 0 Å². The second-order valence-corrected chi connectivity index (χ2v) is 11.3. The predicted molar refractivity (Wildman–Crippen MR) is 186 cm³/mol. The number of anilines is 3. The van der Waals surface area contributed by atoms with Gasteiger partial charge in [-0.05, 0) is 74.5 Å². The van der Waals surface area contributed by atoms with Gasteiger partial charge in [0.05, 0.1) is 16.8 Å². The first kappa shape index (κ1) is 24.7. The molecule has 0 aliphatic rings. The molecule has 0 radical (unpaired) electrons. The number of rotatable bonds is 4. The van der Waals surface area contributed by atoms with Gasteiger partial charge in [-0.15, -0.1) is 0 Å². The Balaban J connectivity index is 1.39. The topological polar surface area (TPSA) is 16.4 Å². The normalized spacial score (nSPS) is 11.6. The quantitative estimate of drug-likeness (QED) is 0.199. The van der Waals surface area contributed by atoms with Crippen LogP contribution in [-0.4, -0.2) is 0 Å². The summed E-state index contributed by atoms with van der Waals surface area (Å²) in [5.41, 5.74) is 7.48. The predicted octanol–water partition coefficient (Wildman–Crippen LogP) is 12.2. The van der Waals surface area contributed by atoms with E-state index in [4.69, 9.17) is 4.42 Å². The zero-order valence-corrected chi connectivity index (χ0v) is 23.9. The van der Waals surface area contributed by atoms with E-state index in [0.717, 1.165) is 39.0 Å². The lowest BCUT2D eigenvalue weighted by molar-refractivity contribution is 0.669. The maximum Gasteiger partial charge on any atom is 0.137 e. The van der Waals surface area contributed by atoms with E-state index in [1.54, 1.807) is 0 Å². The Morgan fingerprint density at radius 1 is 0.364 bits per heavy atom. The first-order chi connectivity index (χ1) is 21.8. The fraction of sp³-hybridized carbons (Fsp3) is 0. The van der Waals surface area contributed by atoms with E-state index in [0.29, 0.717) is 0 Å². The van der Waals surface area contributed by atoms with Crippen LogP contribution in [0, 0.1) is 0 Å². The molecule has 0 aliphatic carbocycles. The molecule has 0 spiro atoms. The van der Waals surface area contributed by atoms with E-state index in [1.165, 1.54) is 43.4 Å². The molecule has 8 aromatic carbocycles. The molecule has 1 heterocycles. The Bertz CT molecular complexity index is 2490. The minimum absolute atomic E-state index is 0.880.